The first-order valence-electron chi connectivity index (χ1n) is 5.98. The summed E-state index contributed by atoms with van der Waals surface area (Å²) in [5, 5.41) is 0.708. The largest absolute Gasteiger partial charge is 0.484 e. The lowest BCUT2D eigenvalue weighted by molar-refractivity contribution is 0.213. The Balaban J connectivity index is 2.21. The molecule has 0 aromatic heterocycles. The van der Waals surface area contributed by atoms with Gasteiger partial charge in [0.2, 0.25) is 0 Å². The Morgan fingerprint density at radius 1 is 1.21 bits per heavy atom. The minimum atomic E-state index is -0.169. The van der Waals surface area contributed by atoms with Gasteiger partial charge < -0.3 is 10.5 Å². The first-order valence-corrected chi connectivity index (χ1v) is 7.15. The van der Waals surface area contributed by atoms with Crippen LogP contribution in [-0.4, -0.2) is 6.54 Å². The summed E-state index contributed by atoms with van der Waals surface area (Å²) in [4.78, 5) is 0. The molecule has 0 saturated heterocycles. The molecule has 2 aromatic carbocycles. The van der Waals surface area contributed by atoms with E-state index in [9.17, 15) is 0 Å². The van der Waals surface area contributed by atoms with Gasteiger partial charge in [-0.25, -0.2) is 0 Å². The van der Waals surface area contributed by atoms with Gasteiger partial charge in [-0.2, -0.15) is 0 Å². The summed E-state index contributed by atoms with van der Waals surface area (Å²) in [6.45, 7) is 2.42. The Bertz CT molecular complexity index is 557. The molecule has 0 heterocycles. The summed E-state index contributed by atoms with van der Waals surface area (Å²) in [5.74, 6) is 0.841. The Kier molecular flexibility index (Phi) is 4.86. The molecule has 0 fully saturated rings. The van der Waals surface area contributed by atoms with E-state index in [1.165, 1.54) is 0 Å². The molecule has 0 saturated carbocycles. The molecule has 0 aliphatic heterocycles. The van der Waals surface area contributed by atoms with Crippen LogP contribution in [-0.2, 0) is 0 Å². The van der Waals surface area contributed by atoms with Crippen molar-refractivity contribution in [2.24, 2.45) is 5.73 Å². The van der Waals surface area contributed by atoms with Gasteiger partial charge in [-0.05, 0) is 48.4 Å². The lowest BCUT2D eigenvalue weighted by atomic mass is 10.1. The molecule has 2 rings (SSSR count). The van der Waals surface area contributed by atoms with Crippen LogP contribution in [0.15, 0.2) is 46.9 Å². The first kappa shape index (κ1) is 14.4. The number of rotatable bonds is 4. The fourth-order valence-corrected chi connectivity index (χ4v) is 2.43. The van der Waals surface area contributed by atoms with Crippen molar-refractivity contribution in [2.45, 2.75) is 13.0 Å². The van der Waals surface area contributed by atoms with E-state index in [0.717, 1.165) is 21.3 Å². The molecule has 1 unspecified atom stereocenters. The van der Waals surface area contributed by atoms with Gasteiger partial charge in [0, 0.05) is 16.0 Å². The molecular formula is C15H15BrClNO. The molecule has 0 spiro atoms. The molecule has 0 amide bonds. The van der Waals surface area contributed by atoms with Gasteiger partial charge in [-0.1, -0.05) is 39.7 Å². The molecule has 0 aliphatic rings. The van der Waals surface area contributed by atoms with E-state index in [-0.39, 0.29) is 6.10 Å². The Morgan fingerprint density at radius 2 is 1.89 bits per heavy atom. The van der Waals surface area contributed by atoms with Crippen LogP contribution in [0.25, 0.3) is 0 Å². The van der Waals surface area contributed by atoms with Crippen molar-refractivity contribution in [1.82, 2.24) is 0 Å². The van der Waals surface area contributed by atoms with Crippen molar-refractivity contribution < 1.29 is 4.74 Å². The fraction of sp³-hybridized carbons (Fsp3) is 0.200. The summed E-state index contributed by atoms with van der Waals surface area (Å²) < 4.78 is 7.02. The van der Waals surface area contributed by atoms with Crippen LogP contribution in [0.1, 0.15) is 17.2 Å². The maximum atomic E-state index is 5.99. The molecule has 19 heavy (non-hydrogen) atoms. The van der Waals surface area contributed by atoms with Crippen molar-refractivity contribution in [3.8, 4) is 5.75 Å². The van der Waals surface area contributed by atoms with Crippen molar-refractivity contribution >= 4 is 27.5 Å². The minimum absolute atomic E-state index is 0.169. The maximum absolute atomic E-state index is 5.99. The third kappa shape index (κ3) is 3.72. The second-order valence-electron chi connectivity index (χ2n) is 4.30. The molecule has 2 aromatic rings. The van der Waals surface area contributed by atoms with Crippen LogP contribution >= 0.6 is 27.5 Å². The quantitative estimate of drug-likeness (QED) is 0.890. The molecule has 0 bridgehead atoms. The zero-order valence-corrected chi connectivity index (χ0v) is 12.9. The summed E-state index contributed by atoms with van der Waals surface area (Å²) in [5.41, 5.74) is 7.90. The zero-order valence-electron chi connectivity index (χ0n) is 10.6. The molecule has 100 valence electrons. The lowest BCUT2D eigenvalue weighted by Gasteiger charge is -2.19. The van der Waals surface area contributed by atoms with Gasteiger partial charge >= 0.3 is 0 Å². The predicted molar refractivity (Wildman–Crippen MR) is 82.8 cm³/mol. The molecule has 0 radical (unpaired) electrons. The number of hydrogen-bond acceptors (Lipinski definition) is 2. The second kappa shape index (κ2) is 6.42. The van der Waals surface area contributed by atoms with E-state index in [4.69, 9.17) is 22.1 Å². The number of ether oxygens (including phenoxy) is 1. The van der Waals surface area contributed by atoms with Crippen LogP contribution in [0.2, 0.25) is 5.02 Å². The Hall–Kier alpha value is -1.03. The molecule has 2 N–H and O–H groups in total. The van der Waals surface area contributed by atoms with E-state index < -0.39 is 0 Å². The highest BCUT2D eigenvalue weighted by Gasteiger charge is 2.12. The average molecular weight is 341 g/mol. The van der Waals surface area contributed by atoms with Crippen molar-refractivity contribution in [3.05, 3.63) is 63.1 Å². The van der Waals surface area contributed by atoms with Gasteiger partial charge in [0.15, 0.2) is 0 Å². The third-order valence-corrected chi connectivity index (χ3v) is 3.61. The molecule has 2 nitrogen and oxygen atoms in total. The first-order chi connectivity index (χ1) is 9.10. The van der Waals surface area contributed by atoms with Crippen molar-refractivity contribution in [2.75, 3.05) is 6.54 Å². The Labute approximate surface area is 126 Å². The number of hydrogen-bond donors (Lipinski definition) is 1. The van der Waals surface area contributed by atoms with E-state index in [1.54, 1.807) is 0 Å². The summed E-state index contributed by atoms with van der Waals surface area (Å²) in [7, 11) is 0. The summed E-state index contributed by atoms with van der Waals surface area (Å²) in [6.07, 6.45) is -0.169. The topological polar surface area (TPSA) is 35.2 Å². The zero-order chi connectivity index (χ0) is 13.8. The van der Waals surface area contributed by atoms with E-state index in [0.29, 0.717) is 11.6 Å². The predicted octanol–water partition coefficient (Wildman–Crippen LogP) is 4.49. The van der Waals surface area contributed by atoms with E-state index in [2.05, 4.69) is 15.9 Å². The molecule has 4 heteroatoms. The SMILES string of the molecule is Cc1cc(Br)ccc1OC(CN)c1ccc(Cl)cc1. The van der Waals surface area contributed by atoms with Crippen LogP contribution in [0.3, 0.4) is 0 Å². The average Bonchev–Trinajstić information content (AvgIpc) is 2.39. The summed E-state index contributed by atoms with van der Waals surface area (Å²) >= 11 is 9.32. The number of halogens is 2. The van der Waals surface area contributed by atoms with Crippen molar-refractivity contribution in [3.63, 3.8) is 0 Å². The van der Waals surface area contributed by atoms with E-state index in [1.807, 2.05) is 49.4 Å². The van der Waals surface area contributed by atoms with Gasteiger partial charge in [-0.15, -0.1) is 0 Å². The number of nitrogens with two attached hydrogens (primary N) is 1. The van der Waals surface area contributed by atoms with Gasteiger partial charge in [0.1, 0.15) is 11.9 Å². The highest BCUT2D eigenvalue weighted by Crippen LogP contribution is 2.27. The number of aryl methyl sites for hydroxylation is 1. The molecule has 1 atom stereocenters. The fourth-order valence-electron chi connectivity index (χ4n) is 1.83. The normalized spacial score (nSPS) is 12.2. The van der Waals surface area contributed by atoms with Crippen LogP contribution in [0.5, 0.6) is 5.75 Å². The maximum Gasteiger partial charge on any atom is 0.136 e. The lowest BCUT2D eigenvalue weighted by Crippen LogP contribution is -2.18. The van der Waals surface area contributed by atoms with Gasteiger partial charge in [0.25, 0.3) is 0 Å². The monoisotopic (exact) mass is 339 g/mol. The van der Waals surface area contributed by atoms with Gasteiger partial charge in [0.05, 0.1) is 0 Å². The molecular weight excluding hydrogens is 326 g/mol. The third-order valence-electron chi connectivity index (χ3n) is 2.86. The smallest absolute Gasteiger partial charge is 0.136 e. The van der Waals surface area contributed by atoms with Crippen LogP contribution < -0.4 is 10.5 Å². The highest BCUT2D eigenvalue weighted by atomic mass is 79.9. The van der Waals surface area contributed by atoms with Crippen LogP contribution in [0, 0.1) is 6.92 Å². The highest BCUT2D eigenvalue weighted by molar-refractivity contribution is 9.10. The number of benzene rings is 2. The summed E-state index contributed by atoms with van der Waals surface area (Å²) in [6, 6.07) is 13.5. The standard InChI is InChI=1S/C15H15BrClNO/c1-10-8-12(16)4-7-14(10)19-15(9-18)11-2-5-13(17)6-3-11/h2-8,15H,9,18H2,1H3. The van der Waals surface area contributed by atoms with Crippen LogP contribution in [0.4, 0.5) is 0 Å². The van der Waals surface area contributed by atoms with E-state index >= 15 is 0 Å². The Morgan fingerprint density at radius 3 is 2.47 bits per heavy atom. The van der Waals surface area contributed by atoms with Gasteiger partial charge in [-0.3, -0.25) is 0 Å². The second-order valence-corrected chi connectivity index (χ2v) is 5.66. The molecule has 0 aliphatic carbocycles. The van der Waals surface area contributed by atoms with Crippen molar-refractivity contribution in [1.29, 1.82) is 0 Å². The minimum Gasteiger partial charge on any atom is -0.484 e.